The lowest BCUT2D eigenvalue weighted by Gasteiger charge is -2.17. The molecule has 0 amide bonds. The van der Waals surface area contributed by atoms with Crippen molar-refractivity contribution in [3.05, 3.63) is 0 Å². The zero-order chi connectivity index (χ0) is 14.9. The van der Waals surface area contributed by atoms with Crippen molar-refractivity contribution in [2.24, 2.45) is 11.3 Å². The second-order valence-electron chi connectivity index (χ2n) is 6.48. The summed E-state index contributed by atoms with van der Waals surface area (Å²) in [6, 6.07) is 0. The monoisotopic (exact) mass is 272 g/mol. The van der Waals surface area contributed by atoms with Crippen LogP contribution in [0.4, 0.5) is 0 Å². The van der Waals surface area contributed by atoms with Crippen LogP contribution in [0.25, 0.3) is 0 Å². The molecule has 0 saturated heterocycles. The Morgan fingerprint density at radius 2 is 1.53 bits per heavy atom. The molecule has 0 N–H and O–H groups in total. The van der Waals surface area contributed by atoms with E-state index >= 15 is 0 Å². The molecule has 0 aromatic heterocycles. The lowest BCUT2D eigenvalue weighted by atomic mass is 9.99. The van der Waals surface area contributed by atoms with E-state index in [2.05, 4.69) is 13.8 Å². The van der Waals surface area contributed by atoms with Gasteiger partial charge in [0.25, 0.3) is 0 Å². The molecular formula is C15H28O4. The van der Waals surface area contributed by atoms with Crippen LogP contribution < -0.4 is 0 Å². The van der Waals surface area contributed by atoms with Crippen molar-refractivity contribution in [2.45, 2.75) is 60.3 Å². The molecule has 4 nitrogen and oxygen atoms in total. The lowest BCUT2D eigenvalue weighted by molar-refractivity contribution is -0.151. The minimum absolute atomic E-state index is 0.0486. The van der Waals surface area contributed by atoms with E-state index < -0.39 is 0 Å². The van der Waals surface area contributed by atoms with Crippen LogP contribution in [0.2, 0.25) is 0 Å². The molecule has 0 fully saturated rings. The molecule has 19 heavy (non-hydrogen) atoms. The maximum Gasteiger partial charge on any atom is 0.306 e. The molecule has 4 heteroatoms. The van der Waals surface area contributed by atoms with E-state index in [1.54, 1.807) is 0 Å². The fraction of sp³-hybridized carbons (Fsp3) is 0.867. The van der Waals surface area contributed by atoms with E-state index in [0.717, 1.165) is 12.8 Å². The summed E-state index contributed by atoms with van der Waals surface area (Å²) in [4.78, 5) is 22.7. The van der Waals surface area contributed by atoms with Crippen LogP contribution in [0, 0.1) is 11.3 Å². The second kappa shape index (κ2) is 8.94. The zero-order valence-corrected chi connectivity index (χ0v) is 13.0. The zero-order valence-electron chi connectivity index (χ0n) is 13.0. The number of rotatable bonds is 8. The minimum atomic E-state index is -0.339. The Kier molecular flexibility index (Phi) is 8.44. The molecule has 0 aliphatic carbocycles. The van der Waals surface area contributed by atoms with Crippen molar-refractivity contribution in [1.82, 2.24) is 0 Å². The molecule has 0 bridgehead atoms. The van der Waals surface area contributed by atoms with E-state index in [1.165, 1.54) is 0 Å². The molecule has 0 aromatic rings. The Labute approximate surface area is 116 Å². The topological polar surface area (TPSA) is 52.6 Å². The minimum Gasteiger partial charge on any atom is -0.466 e. The first-order valence-electron chi connectivity index (χ1n) is 7.02. The Bertz CT molecular complexity index is 276. The number of hydrogen-bond acceptors (Lipinski definition) is 4. The first kappa shape index (κ1) is 17.9. The quantitative estimate of drug-likeness (QED) is 0.502. The van der Waals surface area contributed by atoms with Gasteiger partial charge >= 0.3 is 11.9 Å². The average Bonchev–Trinajstić information content (AvgIpc) is 2.28. The van der Waals surface area contributed by atoms with Crippen LogP contribution in [0.15, 0.2) is 0 Å². The molecular weight excluding hydrogens is 244 g/mol. The number of carbonyl (C=O) groups is 2. The van der Waals surface area contributed by atoms with Crippen LogP contribution in [-0.2, 0) is 19.1 Å². The van der Waals surface area contributed by atoms with Crippen molar-refractivity contribution >= 4 is 11.9 Å². The van der Waals surface area contributed by atoms with Gasteiger partial charge in [0.2, 0.25) is 0 Å². The fourth-order valence-electron chi connectivity index (χ4n) is 1.32. The molecule has 0 aliphatic heterocycles. The molecule has 0 heterocycles. The highest BCUT2D eigenvalue weighted by Crippen LogP contribution is 2.13. The summed E-state index contributed by atoms with van der Waals surface area (Å²) < 4.78 is 10.1. The number of hydrogen-bond donors (Lipinski definition) is 0. The van der Waals surface area contributed by atoms with Gasteiger partial charge in [0, 0.05) is 0 Å². The van der Waals surface area contributed by atoms with Gasteiger partial charge < -0.3 is 9.47 Å². The maximum atomic E-state index is 11.4. The summed E-state index contributed by atoms with van der Waals surface area (Å²) in [5.41, 5.74) is -0.0486. The molecule has 0 spiro atoms. The molecule has 0 atom stereocenters. The first-order chi connectivity index (χ1) is 8.70. The third kappa shape index (κ3) is 13.2. The standard InChI is InChI=1S/C15H28O4/c1-12(2)7-6-10-18-13(16)8-9-14(17)19-11-15(3,4)5/h12H,6-11H2,1-5H3. The molecule has 0 radical (unpaired) electrons. The molecule has 0 aromatic carbocycles. The van der Waals surface area contributed by atoms with E-state index in [4.69, 9.17) is 9.47 Å². The van der Waals surface area contributed by atoms with Crippen LogP contribution in [0.5, 0.6) is 0 Å². The predicted molar refractivity (Wildman–Crippen MR) is 74.7 cm³/mol. The molecule has 0 saturated carbocycles. The third-order valence-electron chi connectivity index (χ3n) is 2.39. The third-order valence-corrected chi connectivity index (χ3v) is 2.39. The highest BCUT2D eigenvalue weighted by Gasteiger charge is 2.15. The Balaban J connectivity index is 3.59. The maximum absolute atomic E-state index is 11.4. The predicted octanol–water partition coefficient (Wildman–Crippen LogP) is 3.34. The average molecular weight is 272 g/mol. The van der Waals surface area contributed by atoms with Gasteiger partial charge in [-0.15, -0.1) is 0 Å². The van der Waals surface area contributed by atoms with Crippen molar-refractivity contribution in [3.63, 3.8) is 0 Å². The Morgan fingerprint density at radius 3 is 2.00 bits per heavy atom. The molecule has 0 rings (SSSR count). The fourth-order valence-corrected chi connectivity index (χ4v) is 1.32. The number of ether oxygens (including phenoxy) is 2. The van der Waals surface area contributed by atoms with Gasteiger partial charge in [-0.2, -0.15) is 0 Å². The molecule has 0 unspecified atom stereocenters. The summed E-state index contributed by atoms with van der Waals surface area (Å²) in [6.07, 6.45) is 2.11. The Hall–Kier alpha value is -1.06. The van der Waals surface area contributed by atoms with E-state index in [9.17, 15) is 9.59 Å². The smallest absolute Gasteiger partial charge is 0.306 e. The highest BCUT2D eigenvalue weighted by molar-refractivity contribution is 5.77. The van der Waals surface area contributed by atoms with Crippen molar-refractivity contribution in [2.75, 3.05) is 13.2 Å². The van der Waals surface area contributed by atoms with Crippen molar-refractivity contribution in [1.29, 1.82) is 0 Å². The number of carbonyl (C=O) groups excluding carboxylic acids is 2. The second-order valence-corrected chi connectivity index (χ2v) is 6.48. The van der Waals surface area contributed by atoms with Gasteiger partial charge in [-0.3, -0.25) is 9.59 Å². The van der Waals surface area contributed by atoms with Crippen molar-refractivity contribution < 1.29 is 19.1 Å². The SMILES string of the molecule is CC(C)CCCOC(=O)CCC(=O)OCC(C)(C)C. The van der Waals surface area contributed by atoms with Gasteiger partial charge in [0.05, 0.1) is 26.1 Å². The van der Waals surface area contributed by atoms with Gasteiger partial charge in [-0.05, 0) is 24.2 Å². The summed E-state index contributed by atoms with van der Waals surface area (Å²) in [5.74, 6) is -0.0448. The summed E-state index contributed by atoms with van der Waals surface area (Å²) in [7, 11) is 0. The van der Waals surface area contributed by atoms with Gasteiger partial charge in [-0.1, -0.05) is 34.6 Å². The van der Waals surface area contributed by atoms with E-state index in [-0.39, 0.29) is 30.2 Å². The van der Waals surface area contributed by atoms with E-state index in [1.807, 2.05) is 20.8 Å². The van der Waals surface area contributed by atoms with Gasteiger partial charge in [0.15, 0.2) is 0 Å². The number of esters is 2. The van der Waals surface area contributed by atoms with Crippen LogP contribution in [0.3, 0.4) is 0 Å². The first-order valence-corrected chi connectivity index (χ1v) is 7.02. The van der Waals surface area contributed by atoms with Gasteiger partial charge in [0.1, 0.15) is 0 Å². The Morgan fingerprint density at radius 1 is 1.00 bits per heavy atom. The normalized spacial score (nSPS) is 11.5. The molecule has 112 valence electrons. The van der Waals surface area contributed by atoms with Crippen LogP contribution >= 0.6 is 0 Å². The largest absolute Gasteiger partial charge is 0.466 e. The summed E-state index contributed by atoms with van der Waals surface area (Å²) >= 11 is 0. The lowest BCUT2D eigenvalue weighted by Crippen LogP contribution is -2.19. The van der Waals surface area contributed by atoms with Gasteiger partial charge in [-0.25, -0.2) is 0 Å². The highest BCUT2D eigenvalue weighted by atomic mass is 16.5. The van der Waals surface area contributed by atoms with E-state index in [0.29, 0.717) is 19.1 Å². The van der Waals surface area contributed by atoms with Crippen LogP contribution in [0.1, 0.15) is 60.3 Å². The molecule has 0 aliphatic rings. The summed E-state index contributed by atoms with van der Waals surface area (Å²) in [5, 5.41) is 0. The van der Waals surface area contributed by atoms with Crippen LogP contribution in [-0.4, -0.2) is 25.2 Å². The summed E-state index contributed by atoms with van der Waals surface area (Å²) in [6.45, 7) is 11.0. The van der Waals surface area contributed by atoms with Crippen molar-refractivity contribution in [3.8, 4) is 0 Å².